The normalized spacial score (nSPS) is 12.4. The van der Waals surface area contributed by atoms with Gasteiger partial charge in [-0.1, -0.05) is 74.4 Å². The molecule has 0 spiro atoms. The summed E-state index contributed by atoms with van der Waals surface area (Å²) in [4.78, 5) is 12.4. The molecule has 2 aromatic rings. The summed E-state index contributed by atoms with van der Waals surface area (Å²) >= 11 is 0. The molecule has 0 fully saturated rings. The van der Waals surface area contributed by atoms with E-state index in [4.69, 9.17) is 0 Å². The molecule has 2 rings (SSSR count). The number of nitrogens with zero attached hydrogens (tertiary/aromatic N) is 2. The third kappa shape index (κ3) is 9.17. The van der Waals surface area contributed by atoms with E-state index >= 15 is 0 Å². The lowest BCUT2D eigenvalue weighted by molar-refractivity contribution is 0.0982. The zero-order valence-corrected chi connectivity index (χ0v) is 18.2. The van der Waals surface area contributed by atoms with Crippen LogP contribution in [0.5, 0.6) is 0 Å². The number of hydrogen-bond acceptors (Lipinski definition) is 3. The first-order valence-corrected chi connectivity index (χ1v) is 11.3. The van der Waals surface area contributed by atoms with E-state index in [0.717, 1.165) is 37.6 Å². The molecule has 4 nitrogen and oxygen atoms in total. The quantitative estimate of drug-likeness (QED) is 0.192. The second-order valence-electron chi connectivity index (χ2n) is 7.40. The fourth-order valence-corrected chi connectivity index (χ4v) is 3.17. The van der Waals surface area contributed by atoms with Crippen LogP contribution in [0.15, 0.2) is 66.8 Å². The van der Waals surface area contributed by atoms with E-state index in [0.29, 0.717) is 17.5 Å². The van der Waals surface area contributed by atoms with Crippen LogP contribution in [0.3, 0.4) is 0 Å². The van der Waals surface area contributed by atoms with Crippen molar-refractivity contribution in [2.45, 2.75) is 71.1 Å². The standard InChI is InChI=1S/C26H35N3O/c1-2-3-4-5-6-7-8-9-10-11-12-13-14-15-16-17-18-22-25(30)23-20-19-21-24-26(23)28-29-27-24/h6-7,9-10,12-13,15-16,19-21H,2-5,8,11,14,17-18,22H2,1H3,(H,27,28,29)/b7-6-,10-9-,13-12-,16-15-. The van der Waals surface area contributed by atoms with Crippen molar-refractivity contribution in [3.8, 4) is 0 Å². The van der Waals surface area contributed by atoms with E-state index in [1.54, 1.807) is 0 Å². The number of hydrogen-bond donors (Lipinski definition) is 1. The predicted octanol–water partition coefficient (Wildman–Crippen LogP) is 7.29. The van der Waals surface area contributed by atoms with Crippen molar-refractivity contribution in [1.82, 2.24) is 15.4 Å². The summed E-state index contributed by atoms with van der Waals surface area (Å²) in [5.41, 5.74) is 2.06. The molecule has 160 valence electrons. The summed E-state index contributed by atoms with van der Waals surface area (Å²) in [6.07, 6.45) is 28.1. The fraction of sp³-hybridized carbons (Fsp3) is 0.423. The molecule has 4 heteroatoms. The summed E-state index contributed by atoms with van der Waals surface area (Å²) in [6, 6.07) is 5.53. The van der Waals surface area contributed by atoms with Gasteiger partial charge in [-0.15, -0.1) is 0 Å². The average molecular weight is 406 g/mol. The Morgan fingerprint density at radius 3 is 2.13 bits per heavy atom. The topological polar surface area (TPSA) is 58.6 Å². The van der Waals surface area contributed by atoms with Gasteiger partial charge in [-0.05, 0) is 57.1 Å². The van der Waals surface area contributed by atoms with Crippen molar-refractivity contribution in [3.63, 3.8) is 0 Å². The first-order chi connectivity index (χ1) is 14.8. The Morgan fingerprint density at radius 2 is 1.47 bits per heavy atom. The molecule has 1 heterocycles. The molecule has 0 saturated carbocycles. The molecule has 0 bridgehead atoms. The van der Waals surface area contributed by atoms with Gasteiger partial charge in [0, 0.05) is 12.0 Å². The molecule has 0 unspecified atom stereocenters. The molecule has 1 aromatic heterocycles. The molecule has 1 aromatic carbocycles. The number of unbranched alkanes of at least 4 members (excludes halogenated alkanes) is 4. The van der Waals surface area contributed by atoms with E-state index < -0.39 is 0 Å². The van der Waals surface area contributed by atoms with Crippen LogP contribution in [-0.4, -0.2) is 21.2 Å². The van der Waals surface area contributed by atoms with Gasteiger partial charge < -0.3 is 0 Å². The summed E-state index contributed by atoms with van der Waals surface area (Å²) in [7, 11) is 0. The molecule has 0 aliphatic heterocycles. The van der Waals surface area contributed by atoms with Crippen LogP contribution in [0.25, 0.3) is 11.0 Å². The monoisotopic (exact) mass is 405 g/mol. The number of carbonyl (C=O) groups is 1. The molecular weight excluding hydrogens is 370 g/mol. The van der Waals surface area contributed by atoms with Crippen molar-refractivity contribution in [3.05, 3.63) is 72.4 Å². The Hall–Kier alpha value is -2.75. The number of nitrogens with one attached hydrogen (secondary N) is 1. The van der Waals surface area contributed by atoms with Gasteiger partial charge in [-0.2, -0.15) is 15.4 Å². The Morgan fingerprint density at radius 1 is 0.833 bits per heavy atom. The van der Waals surface area contributed by atoms with Gasteiger partial charge >= 0.3 is 0 Å². The zero-order chi connectivity index (χ0) is 21.3. The fourth-order valence-electron chi connectivity index (χ4n) is 3.17. The third-order valence-electron chi connectivity index (χ3n) is 4.88. The maximum absolute atomic E-state index is 12.4. The number of aromatic amines is 1. The smallest absolute Gasteiger partial charge is 0.165 e. The van der Waals surface area contributed by atoms with Crippen LogP contribution < -0.4 is 0 Å². The summed E-state index contributed by atoms with van der Waals surface area (Å²) in [5, 5.41) is 10.7. The van der Waals surface area contributed by atoms with Crippen LogP contribution in [0.2, 0.25) is 0 Å². The molecule has 0 amide bonds. The first-order valence-electron chi connectivity index (χ1n) is 11.3. The van der Waals surface area contributed by atoms with E-state index in [-0.39, 0.29) is 5.78 Å². The molecular formula is C26H35N3O. The minimum atomic E-state index is 0.130. The minimum absolute atomic E-state index is 0.130. The maximum Gasteiger partial charge on any atom is 0.165 e. The van der Waals surface area contributed by atoms with Gasteiger partial charge in [0.1, 0.15) is 11.0 Å². The Kier molecular flexibility index (Phi) is 11.9. The minimum Gasteiger partial charge on any atom is -0.294 e. The van der Waals surface area contributed by atoms with E-state index in [2.05, 4.69) is 70.9 Å². The number of ketones is 1. The largest absolute Gasteiger partial charge is 0.294 e. The SMILES string of the molecule is CCCCC/C=C\C/C=C\C/C=C\C/C=C\CCCC(=O)c1cccc2n[nH]nc12. The van der Waals surface area contributed by atoms with E-state index in [1.165, 1.54) is 25.7 Å². The highest BCUT2D eigenvalue weighted by atomic mass is 16.1. The molecule has 0 aliphatic rings. The number of para-hydroxylation sites is 1. The first kappa shape index (κ1) is 23.5. The summed E-state index contributed by atoms with van der Waals surface area (Å²) in [6.45, 7) is 2.24. The lowest BCUT2D eigenvalue weighted by Gasteiger charge is -2.00. The van der Waals surface area contributed by atoms with E-state index in [1.807, 2.05) is 18.2 Å². The van der Waals surface area contributed by atoms with Crippen molar-refractivity contribution in [2.75, 3.05) is 0 Å². The number of rotatable bonds is 15. The van der Waals surface area contributed by atoms with E-state index in [9.17, 15) is 4.79 Å². The van der Waals surface area contributed by atoms with Crippen molar-refractivity contribution >= 4 is 16.8 Å². The summed E-state index contributed by atoms with van der Waals surface area (Å²) < 4.78 is 0. The second kappa shape index (κ2) is 15.1. The van der Waals surface area contributed by atoms with Crippen LogP contribution in [0.4, 0.5) is 0 Å². The van der Waals surface area contributed by atoms with Gasteiger partial charge in [0.25, 0.3) is 0 Å². The summed E-state index contributed by atoms with van der Waals surface area (Å²) in [5.74, 6) is 0.130. The highest BCUT2D eigenvalue weighted by molar-refractivity contribution is 6.05. The number of allylic oxidation sites excluding steroid dienone is 8. The highest BCUT2D eigenvalue weighted by Gasteiger charge is 2.11. The highest BCUT2D eigenvalue weighted by Crippen LogP contribution is 2.16. The van der Waals surface area contributed by atoms with Gasteiger partial charge in [0.2, 0.25) is 0 Å². The lowest BCUT2D eigenvalue weighted by Crippen LogP contribution is -1.99. The third-order valence-corrected chi connectivity index (χ3v) is 4.88. The lowest BCUT2D eigenvalue weighted by atomic mass is 10.0. The Labute approximate surface area is 180 Å². The zero-order valence-electron chi connectivity index (χ0n) is 18.2. The van der Waals surface area contributed by atoms with Crippen LogP contribution >= 0.6 is 0 Å². The molecule has 0 radical (unpaired) electrons. The number of H-pyrrole nitrogens is 1. The second-order valence-corrected chi connectivity index (χ2v) is 7.40. The Bertz CT molecular complexity index is 858. The molecule has 0 saturated heterocycles. The Balaban J connectivity index is 1.51. The average Bonchev–Trinajstić information content (AvgIpc) is 3.24. The molecule has 0 atom stereocenters. The van der Waals surface area contributed by atoms with Crippen LogP contribution in [-0.2, 0) is 0 Å². The van der Waals surface area contributed by atoms with Crippen molar-refractivity contribution < 1.29 is 4.79 Å². The van der Waals surface area contributed by atoms with Gasteiger partial charge in [0.15, 0.2) is 5.78 Å². The predicted molar refractivity (Wildman–Crippen MR) is 127 cm³/mol. The molecule has 1 N–H and O–H groups in total. The van der Waals surface area contributed by atoms with Gasteiger partial charge in [-0.25, -0.2) is 0 Å². The van der Waals surface area contributed by atoms with Crippen LogP contribution in [0.1, 0.15) is 81.5 Å². The number of carbonyl (C=O) groups excluding carboxylic acids is 1. The van der Waals surface area contributed by atoms with Gasteiger partial charge in [-0.3, -0.25) is 4.79 Å². The number of Topliss-reactive ketones (excluding diaryl/α,β-unsaturated/α-hetero) is 1. The number of benzene rings is 1. The van der Waals surface area contributed by atoms with Crippen molar-refractivity contribution in [1.29, 1.82) is 0 Å². The van der Waals surface area contributed by atoms with Crippen molar-refractivity contribution in [2.24, 2.45) is 0 Å². The van der Waals surface area contributed by atoms with Gasteiger partial charge in [0.05, 0.1) is 0 Å². The van der Waals surface area contributed by atoms with Crippen LogP contribution in [0, 0.1) is 0 Å². The number of fused-ring (bicyclic) bond motifs is 1. The maximum atomic E-state index is 12.4. The molecule has 0 aliphatic carbocycles. The molecule has 30 heavy (non-hydrogen) atoms. The number of aromatic nitrogens is 3.